The van der Waals surface area contributed by atoms with Gasteiger partial charge in [0.25, 0.3) is 11.8 Å². The number of nitrogens with zero attached hydrogens (tertiary/aromatic N) is 2. The minimum Gasteiger partial charge on any atom is -0.494 e. The van der Waals surface area contributed by atoms with Gasteiger partial charge in [0, 0.05) is 10.1 Å². The van der Waals surface area contributed by atoms with Crippen molar-refractivity contribution in [2.24, 2.45) is 0 Å². The first-order valence-corrected chi connectivity index (χ1v) is 10.0. The maximum absolute atomic E-state index is 12.6. The number of hydrogen-bond acceptors (Lipinski definition) is 4. The Kier molecular flexibility index (Phi) is 6.69. The van der Waals surface area contributed by atoms with Crippen molar-refractivity contribution in [2.75, 3.05) is 32.3 Å². The number of hydrazine groups is 1. The molecule has 1 aliphatic rings. The van der Waals surface area contributed by atoms with Crippen molar-refractivity contribution in [1.29, 1.82) is 0 Å². The van der Waals surface area contributed by atoms with Gasteiger partial charge in [0.05, 0.1) is 12.3 Å². The summed E-state index contributed by atoms with van der Waals surface area (Å²) in [6.07, 6.45) is 2.54. The standard InChI is InChI=1S/C21H22IN3O3/c1-24(2)12-3-13-28-18-10-4-15(5-11-18)14-19-20(26)23-25(21(19)27)17-8-6-16(22)7-9-17/h4-11,14H,3,12-13H2,1-2H3,(H,23,26)/b19-14-. The number of carbonyl (C=O) groups is 2. The highest BCUT2D eigenvalue weighted by molar-refractivity contribution is 14.1. The Balaban J connectivity index is 1.66. The molecule has 0 saturated carbocycles. The Bertz CT molecular complexity index is 877. The molecule has 3 rings (SSSR count). The highest BCUT2D eigenvalue weighted by atomic mass is 127. The van der Waals surface area contributed by atoms with Crippen molar-refractivity contribution < 1.29 is 14.3 Å². The van der Waals surface area contributed by atoms with Gasteiger partial charge in [-0.15, -0.1) is 0 Å². The van der Waals surface area contributed by atoms with E-state index in [1.54, 1.807) is 18.2 Å². The molecule has 0 bridgehead atoms. The average molecular weight is 491 g/mol. The number of amides is 2. The van der Waals surface area contributed by atoms with Gasteiger partial charge in [0.2, 0.25) is 0 Å². The molecule has 0 atom stereocenters. The molecular weight excluding hydrogens is 469 g/mol. The lowest BCUT2D eigenvalue weighted by molar-refractivity contribution is -0.117. The molecule has 28 heavy (non-hydrogen) atoms. The van der Waals surface area contributed by atoms with Crippen LogP contribution in [0.5, 0.6) is 5.75 Å². The predicted molar refractivity (Wildman–Crippen MR) is 118 cm³/mol. The first-order chi connectivity index (χ1) is 13.4. The maximum Gasteiger partial charge on any atom is 0.282 e. The molecule has 2 amide bonds. The van der Waals surface area contributed by atoms with Crippen molar-refractivity contribution in [2.45, 2.75) is 6.42 Å². The largest absolute Gasteiger partial charge is 0.494 e. The van der Waals surface area contributed by atoms with E-state index >= 15 is 0 Å². The topological polar surface area (TPSA) is 61.9 Å². The van der Waals surface area contributed by atoms with Gasteiger partial charge in [-0.1, -0.05) is 12.1 Å². The Morgan fingerprint density at radius 1 is 1.07 bits per heavy atom. The van der Waals surface area contributed by atoms with Gasteiger partial charge < -0.3 is 9.64 Å². The predicted octanol–water partition coefficient (Wildman–Crippen LogP) is 3.08. The van der Waals surface area contributed by atoms with Crippen LogP contribution in [0.15, 0.2) is 54.1 Å². The number of anilines is 1. The van der Waals surface area contributed by atoms with Crippen LogP contribution in [0.3, 0.4) is 0 Å². The molecule has 7 heteroatoms. The Hall–Kier alpha value is -2.39. The van der Waals surface area contributed by atoms with Crippen LogP contribution in [-0.2, 0) is 9.59 Å². The summed E-state index contributed by atoms with van der Waals surface area (Å²) in [5.74, 6) is -0.00796. The number of carbonyl (C=O) groups excluding carboxylic acids is 2. The molecule has 0 aromatic heterocycles. The highest BCUT2D eigenvalue weighted by Crippen LogP contribution is 2.23. The number of rotatable bonds is 7. The second-order valence-corrected chi connectivity index (χ2v) is 7.94. The number of benzene rings is 2. The van der Waals surface area contributed by atoms with Crippen molar-refractivity contribution in [3.05, 3.63) is 63.2 Å². The first-order valence-electron chi connectivity index (χ1n) is 8.94. The van der Waals surface area contributed by atoms with Gasteiger partial charge in [-0.3, -0.25) is 15.0 Å². The summed E-state index contributed by atoms with van der Waals surface area (Å²) in [5.41, 5.74) is 4.12. The first kappa shape index (κ1) is 20.3. The third kappa shape index (κ3) is 5.11. The molecule has 1 N–H and O–H groups in total. The fourth-order valence-electron chi connectivity index (χ4n) is 2.73. The van der Waals surface area contributed by atoms with Gasteiger partial charge >= 0.3 is 0 Å². The zero-order valence-corrected chi connectivity index (χ0v) is 18.0. The van der Waals surface area contributed by atoms with Crippen molar-refractivity contribution in [3.63, 3.8) is 0 Å². The second-order valence-electron chi connectivity index (χ2n) is 6.69. The van der Waals surface area contributed by atoms with E-state index in [2.05, 4.69) is 32.9 Å². The van der Waals surface area contributed by atoms with Crippen LogP contribution in [0.25, 0.3) is 6.08 Å². The van der Waals surface area contributed by atoms with E-state index in [4.69, 9.17) is 4.74 Å². The lowest BCUT2D eigenvalue weighted by Gasteiger charge is -2.14. The monoisotopic (exact) mass is 491 g/mol. The van der Waals surface area contributed by atoms with Crippen LogP contribution < -0.4 is 15.2 Å². The normalized spacial score (nSPS) is 15.4. The van der Waals surface area contributed by atoms with Crippen LogP contribution in [0.4, 0.5) is 5.69 Å². The lowest BCUT2D eigenvalue weighted by atomic mass is 10.1. The van der Waals surface area contributed by atoms with E-state index in [0.29, 0.717) is 12.3 Å². The SMILES string of the molecule is CN(C)CCCOc1ccc(/C=C2/C(=O)NN(c3ccc(I)cc3)C2=O)cc1. The lowest BCUT2D eigenvalue weighted by Crippen LogP contribution is -2.35. The molecule has 1 heterocycles. The van der Waals surface area contributed by atoms with Gasteiger partial charge in [-0.05, 0) is 91.1 Å². The second kappa shape index (κ2) is 9.20. The molecule has 0 radical (unpaired) electrons. The van der Waals surface area contributed by atoms with Crippen LogP contribution in [0.1, 0.15) is 12.0 Å². The van der Waals surface area contributed by atoms with E-state index in [-0.39, 0.29) is 11.5 Å². The summed E-state index contributed by atoms with van der Waals surface area (Å²) in [6.45, 7) is 1.61. The molecule has 2 aromatic carbocycles. The van der Waals surface area contributed by atoms with Crippen LogP contribution in [0.2, 0.25) is 0 Å². The van der Waals surface area contributed by atoms with E-state index < -0.39 is 5.91 Å². The van der Waals surface area contributed by atoms with E-state index in [0.717, 1.165) is 27.8 Å². The quantitative estimate of drug-likeness (QED) is 0.280. The van der Waals surface area contributed by atoms with Gasteiger partial charge in [0.1, 0.15) is 11.3 Å². The van der Waals surface area contributed by atoms with E-state index in [9.17, 15) is 9.59 Å². The highest BCUT2D eigenvalue weighted by Gasteiger charge is 2.34. The van der Waals surface area contributed by atoms with E-state index in [1.165, 1.54) is 5.01 Å². The maximum atomic E-state index is 12.6. The van der Waals surface area contributed by atoms with E-state index in [1.807, 2.05) is 50.5 Å². The zero-order chi connectivity index (χ0) is 20.1. The molecule has 6 nitrogen and oxygen atoms in total. The summed E-state index contributed by atoms with van der Waals surface area (Å²) in [6, 6.07) is 14.7. The summed E-state index contributed by atoms with van der Waals surface area (Å²) < 4.78 is 6.76. The van der Waals surface area contributed by atoms with Gasteiger partial charge in [-0.2, -0.15) is 0 Å². The summed E-state index contributed by atoms with van der Waals surface area (Å²) in [7, 11) is 4.06. The summed E-state index contributed by atoms with van der Waals surface area (Å²) >= 11 is 2.19. The smallest absolute Gasteiger partial charge is 0.282 e. The molecular formula is C21H22IN3O3. The van der Waals surface area contributed by atoms with Crippen LogP contribution in [-0.4, -0.2) is 44.0 Å². The van der Waals surface area contributed by atoms with Crippen molar-refractivity contribution in [3.8, 4) is 5.75 Å². The molecule has 2 aromatic rings. The van der Waals surface area contributed by atoms with Crippen LogP contribution >= 0.6 is 22.6 Å². The zero-order valence-electron chi connectivity index (χ0n) is 15.8. The number of ether oxygens (including phenoxy) is 1. The molecule has 1 fully saturated rings. The molecule has 1 aliphatic heterocycles. The fraction of sp³-hybridized carbons (Fsp3) is 0.238. The summed E-state index contributed by atoms with van der Waals surface area (Å²) in [5, 5.41) is 1.27. The Morgan fingerprint density at radius 3 is 2.39 bits per heavy atom. The molecule has 0 spiro atoms. The van der Waals surface area contributed by atoms with Crippen molar-refractivity contribution >= 4 is 46.2 Å². The third-order valence-corrected chi connectivity index (χ3v) is 4.90. The fourth-order valence-corrected chi connectivity index (χ4v) is 3.09. The molecule has 146 valence electrons. The molecule has 0 aliphatic carbocycles. The van der Waals surface area contributed by atoms with Crippen LogP contribution in [0, 0.1) is 3.57 Å². The summed E-state index contributed by atoms with van der Waals surface area (Å²) in [4.78, 5) is 27.0. The average Bonchev–Trinajstić information content (AvgIpc) is 2.95. The molecule has 0 unspecified atom stereocenters. The third-order valence-electron chi connectivity index (χ3n) is 4.19. The van der Waals surface area contributed by atoms with Gasteiger partial charge in [0.15, 0.2) is 0 Å². The Morgan fingerprint density at radius 2 is 1.75 bits per heavy atom. The Labute approximate surface area is 178 Å². The molecule has 1 saturated heterocycles. The van der Waals surface area contributed by atoms with Crippen molar-refractivity contribution in [1.82, 2.24) is 10.3 Å². The number of hydrogen-bond donors (Lipinski definition) is 1. The minimum atomic E-state index is -0.410. The number of halogens is 1. The minimum absolute atomic E-state index is 0.109. The van der Waals surface area contributed by atoms with Gasteiger partial charge in [-0.25, -0.2) is 5.01 Å². The number of nitrogens with one attached hydrogen (secondary N) is 1.